The highest BCUT2D eigenvalue weighted by Crippen LogP contribution is 2.31. The van der Waals surface area contributed by atoms with Gasteiger partial charge in [0.2, 0.25) is 0 Å². The molecule has 6 heteroatoms. The standard InChI is InChI=1S/C15H13Br2N3O/c1-18-14(8-2-4-9(16)5-3-8)10-6-12-13(7-11(10)17)20-15(21)19-12/h2-7,14,18H,1H3,(H2,19,20,21). The topological polar surface area (TPSA) is 60.7 Å². The van der Waals surface area contributed by atoms with E-state index >= 15 is 0 Å². The Morgan fingerprint density at radius 3 is 2.29 bits per heavy atom. The van der Waals surface area contributed by atoms with Gasteiger partial charge in [0.25, 0.3) is 0 Å². The molecule has 1 atom stereocenters. The number of hydrogen-bond donors (Lipinski definition) is 3. The smallest absolute Gasteiger partial charge is 0.309 e. The number of aromatic nitrogens is 2. The molecule has 0 aliphatic carbocycles. The van der Waals surface area contributed by atoms with Gasteiger partial charge in [-0.05, 0) is 42.4 Å². The average molecular weight is 411 g/mol. The van der Waals surface area contributed by atoms with Gasteiger partial charge in [0.15, 0.2) is 0 Å². The molecule has 0 amide bonds. The minimum Gasteiger partial charge on any atom is -0.309 e. The van der Waals surface area contributed by atoms with Gasteiger partial charge in [0.1, 0.15) is 0 Å². The van der Waals surface area contributed by atoms with Crippen LogP contribution < -0.4 is 11.0 Å². The Morgan fingerprint density at radius 2 is 1.67 bits per heavy atom. The van der Waals surface area contributed by atoms with Crippen LogP contribution in [0, 0.1) is 0 Å². The van der Waals surface area contributed by atoms with Gasteiger partial charge < -0.3 is 15.3 Å². The summed E-state index contributed by atoms with van der Waals surface area (Å²) in [4.78, 5) is 17.0. The van der Waals surface area contributed by atoms with E-state index in [1.807, 2.05) is 31.3 Å². The molecule has 0 aliphatic rings. The van der Waals surface area contributed by atoms with Crippen molar-refractivity contribution in [2.45, 2.75) is 6.04 Å². The van der Waals surface area contributed by atoms with Gasteiger partial charge in [-0.2, -0.15) is 0 Å². The predicted octanol–water partition coefficient (Wildman–Crippen LogP) is 3.69. The highest BCUT2D eigenvalue weighted by Gasteiger charge is 2.16. The molecule has 2 aromatic carbocycles. The van der Waals surface area contributed by atoms with Gasteiger partial charge >= 0.3 is 5.69 Å². The van der Waals surface area contributed by atoms with Crippen LogP contribution in [0.25, 0.3) is 11.0 Å². The van der Waals surface area contributed by atoms with Crippen molar-refractivity contribution in [3.05, 3.63) is 67.0 Å². The normalized spacial score (nSPS) is 12.7. The van der Waals surface area contributed by atoms with E-state index in [4.69, 9.17) is 0 Å². The van der Waals surface area contributed by atoms with Crippen molar-refractivity contribution in [3.63, 3.8) is 0 Å². The summed E-state index contributed by atoms with van der Waals surface area (Å²) < 4.78 is 2.00. The maximum absolute atomic E-state index is 11.4. The fourth-order valence-corrected chi connectivity index (χ4v) is 3.29. The van der Waals surface area contributed by atoms with Crippen molar-refractivity contribution in [3.8, 4) is 0 Å². The predicted molar refractivity (Wildman–Crippen MR) is 91.7 cm³/mol. The number of benzene rings is 2. The van der Waals surface area contributed by atoms with Crippen molar-refractivity contribution >= 4 is 42.9 Å². The zero-order valence-corrected chi connectivity index (χ0v) is 14.4. The van der Waals surface area contributed by atoms with Crippen LogP contribution in [0.5, 0.6) is 0 Å². The van der Waals surface area contributed by atoms with Crippen molar-refractivity contribution in [2.24, 2.45) is 0 Å². The van der Waals surface area contributed by atoms with Crippen LogP contribution in [0.1, 0.15) is 17.2 Å². The minimum atomic E-state index is -0.196. The van der Waals surface area contributed by atoms with Crippen LogP contribution >= 0.6 is 31.9 Å². The molecule has 0 saturated carbocycles. The second-order valence-corrected chi connectivity index (χ2v) is 6.54. The Morgan fingerprint density at radius 1 is 1.05 bits per heavy atom. The molecule has 108 valence electrons. The molecule has 0 fully saturated rings. The molecule has 0 bridgehead atoms. The second-order valence-electron chi connectivity index (χ2n) is 4.77. The van der Waals surface area contributed by atoms with Crippen LogP contribution in [-0.4, -0.2) is 17.0 Å². The van der Waals surface area contributed by atoms with E-state index in [-0.39, 0.29) is 11.7 Å². The van der Waals surface area contributed by atoms with Crippen molar-refractivity contribution in [1.82, 2.24) is 15.3 Å². The zero-order valence-electron chi connectivity index (χ0n) is 11.2. The number of aromatic amines is 2. The van der Waals surface area contributed by atoms with Gasteiger partial charge in [-0.3, -0.25) is 0 Å². The molecule has 4 nitrogen and oxygen atoms in total. The number of hydrogen-bond acceptors (Lipinski definition) is 2. The van der Waals surface area contributed by atoms with E-state index in [2.05, 4.69) is 59.3 Å². The number of H-pyrrole nitrogens is 2. The average Bonchev–Trinajstić information content (AvgIpc) is 2.81. The van der Waals surface area contributed by atoms with E-state index < -0.39 is 0 Å². The number of fused-ring (bicyclic) bond motifs is 1. The molecule has 3 rings (SSSR count). The molecule has 0 aliphatic heterocycles. The molecule has 0 radical (unpaired) electrons. The summed E-state index contributed by atoms with van der Waals surface area (Å²) in [6, 6.07) is 12.1. The summed E-state index contributed by atoms with van der Waals surface area (Å²) in [6.07, 6.45) is 0. The van der Waals surface area contributed by atoms with E-state index in [9.17, 15) is 4.79 Å². The van der Waals surface area contributed by atoms with Crippen molar-refractivity contribution in [1.29, 1.82) is 0 Å². The van der Waals surface area contributed by atoms with E-state index in [1.54, 1.807) is 0 Å². The monoisotopic (exact) mass is 409 g/mol. The van der Waals surface area contributed by atoms with Crippen molar-refractivity contribution in [2.75, 3.05) is 7.05 Å². The van der Waals surface area contributed by atoms with Gasteiger partial charge in [-0.25, -0.2) is 4.79 Å². The van der Waals surface area contributed by atoms with Gasteiger partial charge in [-0.15, -0.1) is 0 Å². The number of imidazole rings is 1. The van der Waals surface area contributed by atoms with Gasteiger partial charge in [0, 0.05) is 8.95 Å². The fourth-order valence-electron chi connectivity index (χ4n) is 2.45. The Balaban J connectivity index is 2.13. The maximum Gasteiger partial charge on any atom is 0.323 e. The molecule has 21 heavy (non-hydrogen) atoms. The molecular weight excluding hydrogens is 398 g/mol. The van der Waals surface area contributed by atoms with Crippen LogP contribution in [0.3, 0.4) is 0 Å². The lowest BCUT2D eigenvalue weighted by Crippen LogP contribution is -2.18. The van der Waals surface area contributed by atoms with Gasteiger partial charge in [-0.1, -0.05) is 44.0 Å². The van der Waals surface area contributed by atoms with Crippen LogP contribution in [0.2, 0.25) is 0 Å². The third-order valence-electron chi connectivity index (χ3n) is 3.44. The van der Waals surface area contributed by atoms with Crippen LogP contribution in [-0.2, 0) is 0 Å². The SMILES string of the molecule is CNC(c1ccc(Br)cc1)c1cc2[nH]c(=O)[nH]c2cc1Br. The molecule has 0 spiro atoms. The summed E-state index contributed by atoms with van der Waals surface area (Å²) in [5.41, 5.74) is 3.62. The van der Waals surface area contributed by atoms with E-state index in [0.717, 1.165) is 31.1 Å². The van der Waals surface area contributed by atoms with E-state index in [1.165, 1.54) is 0 Å². The first-order valence-corrected chi connectivity index (χ1v) is 8.01. The first-order valence-electron chi connectivity index (χ1n) is 6.42. The minimum absolute atomic E-state index is 0.0373. The third-order valence-corrected chi connectivity index (χ3v) is 4.65. The molecule has 3 aromatic rings. The Kier molecular flexibility index (Phi) is 4.01. The third kappa shape index (κ3) is 2.84. The molecule has 1 heterocycles. The summed E-state index contributed by atoms with van der Waals surface area (Å²) in [5, 5.41) is 3.32. The molecule has 0 saturated heterocycles. The van der Waals surface area contributed by atoms with Crippen LogP contribution in [0.4, 0.5) is 0 Å². The van der Waals surface area contributed by atoms with Gasteiger partial charge in [0.05, 0.1) is 17.1 Å². The number of halogens is 2. The number of rotatable bonds is 3. The highest BCUT2D eigenvalue weighted by atomic mass is 79.9. The molecule has 1 unspecified atom stereocenters. The highest BCUT2D eigenvalue weighted by molar-refractivity contribution is 9.10. The lowest BCUT2D eigenvalue weighted by molar-refractivity contribution is 0.689. The Labute approximate surface area is 138 Å². The lowest BCUT2D eigenvalue weighted by Gasteiger charge is -2.19. The van der Waals surface area contributed by atoms with Crippen LogP contribution in [0.15, 0.2) is 50.1 Å². The summed E-state index contributed by atoms with van der Waals surface area (Å²) in [6.45, 7) is 0. The Hall–Kier alpha value is -1.37. The number of nitrogens with one attached hydrogen (secondary N) is 3. The fraction of sp³-hybridized carbons (Fsp3) is 0.133. The second kappa shape index (κ2) is 5.79. The first-order chi connectivity index (χ1) is 10.1. The summed E-state index contributed by atoms with van der Waals surface area (Å²) in [5.74, 6) is 0. The van der Waals surface area contributed by atoms with Crippen molar-refractivity contribution < 1.29 is 0 Å². The Bertz CT molecular complexity index is 836. The molecular formula is C15H13Br2N3O. The lowest BCUT2D eigenvalue weighted by atomic mass is 9.98. The first kappa shape index (κ1) is 14.6. The zero-order chi connectivity index (χ0) is 15.0. The maximum atomic E-state index is 11.4. The summed E-state index contributed by atoms with van der Waals surface area (Å²) >= 11 is 7.04. The molecule has 1 aromatic heterocycles. The summed E-state index contributed by atoms with van der Waals surface area (Å²) in [7, 11) is 1.92. The molecule has 3 N–H and O–H groups in total. The quantitative estimate of drug-likeness (QED) is 0.616. The largest absolute Gasteiger partial charge is 0.323 e. The van der Waals surface area contributed by atoms with E-state index in [0.29, 0.717) is 0 Å².